The summed E-state index contributed by atoms with van der Waals surface area (Å²) >= 11 is 0. The fourth-order valence-corrected chi connectivity index (χ4v) is 5.61. The molecule has 238 valence electrons. The van der Waals surface area contributed by atoms with Crippen molar-refractivity contribution >= 4 is 18.0 Å². The van der Waals surface area contributed by atoms with Crippen LogP contribution in [-0.2, 0) is 33.3 Å². The Hall–Kier alpha value is -3.28. The first-order valence-corrected chi connectivity index (χ1v) is 13.3. The van der Waals surface area contributed by atoms with Crippen molar-refractivity contribution in [2.24, 2.45) is 5.92 Å². The summed E-state index contributed by atoms with van der Waals surface area (Å²) in [6, 6.07) is 4.93. The SMILES string of the molecule is COC(=O)C1=CO[C@@H](O[C@@H]2O[C@@H](CO)[C@@H](O)[C@H](O)[C@@H]2O)[C@@H]2[C@@](C)(O)[C@@H](OC(=O)/C=C/c3ccc(OC)c(OC)c3)C[C@]12O. The number of aliphatic hydroxyl groups excluding tert-OH is 4. The Morgan fingerprint density at radius 2 is 1.72 bits per heavy atom. The van der Waals surface area contributed by atoms with Gasteiger partial charge in [0, 0.05) is 12.5 Å². The molecule has 1 saturated carbocycles. The third-order valence-electron chi connectivity index (χ3n) is 7.95. The second-order valence-corrected chi connectivity index (χ2v) is 10.6. The predicted molar refractivity (Wildman–Crippen MR) is 142 cm³/mol. The van der Waals surface area contributed by atoms with E-state index >= 15 is 0 Å². The van der Waals surface area contributed by atoms with Gasteiger partial charge in [-0.1, -0.05) is 6.07 Å². The van der Waals surface area contributed by atoms with Crippen LogP contribution in [0.5, 0.6) is 11.5 Å². The van der Waals surface area contributed by atoms with Gasteiger partial charge in [0.25, 0.3) is 0 Å². The highest BCUT2D eigenvalue weighted by Gasteiger charge is 2.69. The Labute approximate surface area is 246 Å². The molecule has 0 amide bonds. The van der Waals surface area contributed by atoms with Gasteiger partial charge in [-0.2, -0.15) is 0 Å². The number of carbonyl (C=O) groups excluding carboxylic acids is 2. The summed E-state index contributed by atoms with van der Waals surface area (Å²) in [5.74, 6) is -2.51. The lowest BCUT2D eigenvalue weighted by Crippen LogP contribution is -2.62. The van der Waals surface area contributed by atoms with Crippen molar-refractivity contribution in [1.29, 1.82) is 0 Å². The van der Waals surface area contributed by atoms with Crippen LogP contribution in [0.3, 0.4) is 0 Å². The van der Waals surface area contributed by atoms with Gasteiger partial charge in [-0.25, -0.2) is 9.59 Å². The molecule has 4 rings (SSSR count). The maximum absolute atomic E-state index is 12.8. The van der Waals surface area contributed by atoms with Crippen molar-refractivity contribution in [3.8, 4) is 11.5 Å². The molecule has 1 saturated heterocycles. The molecule has 1 aromatic carbocycles. The van der Waals surface area contributed by atoms with E-state index in [1.807, 2.05) is 0 Å². The quantitative estimate of drug-likeness (QED) is 0.136. The van der Waals surface area contributed by atoms with Crippen LogP contribution in [0, 0.1) is 5.92 Å². The summed E-state index contributed by atoms with van der Waals surface area (Å²) in [6.07, 6.45) is -8.48. The van der Waals surface area contributed by atoms with Crippen molar-refractivity contribution in [1.82, 2.24) is 0 Å². The van der Waals surface area contributed by atoms with E-state index in [-0.39, 0.29) is 0 Å². The van der Waals surface area contributed by atoms with Crippen LogP contribution in [0.25, 0.3) is 6.08 Å². The highest BCUT2D eigenvalue weighted by Crippen LogP contribution is 2.53. The van der Waals surface area contributed by atoms with Crippen LogP contribution in [-0.4, -0.2) is 125 Å². The van der Waals surface area contributed by atoms with Crippen LogP contribution >= 0.6 is 0 Å². The Morgan fingerprint density at radius 3 is 2.35 bits per heavy atom. The normalized spacial score (nSPS) is 37.2. The number of esters is 2. The zero-order valence-corrected chi connectivity index (χ0v) is 23.9. The Morgan fingerprint density at radius 1 is 1.02 bits per heavy atom. The highest BCUT2D eigenvalue weighted by atomic mass is 16.8. The molecule has 2 fully saturated rings. The van der Waals surface area contributed by atoms with Crippen molar-refractivity contribution in [2.45, 2.75) is 67.6 Å². The summed E-state index contributed by atoms with van der Waals surface area (Å²) in [4.78, 5) is 25.4. The summed E-state index contributed by atoms with van der Waals surface area (Å²) < 4.78 is 37.3. The molecule has 0 aromatic heterocycles. The molecule has 1 aliphatic carbocycles. The number of carbonyl (C=O) groups is 2. The number of aliphatic hydroxyl groups is 6. The fourth-order valence-electron chi connectivity index (χ4n) is 5.61. The standard InChI is InChI=1S/C28H36O15/c1-27(35)18(42-19(30)8-6-13-5-7-15(37-2)16(9-13)38-3)10-28(36)14(24(34)39-4)12-40-26(23(27)28)43-25-22(33)21(32)20(31)17(11-29)41-25/h5-9,12,17-18,20-23,25-26,29,31-33,35-36H,10-11H2,1-4H3/b8-6+/t17-,18-,20+,21-,22-,23+,25-,26-,27-,28-/m0/s1. The van der Waals surface area contributed by atoms with Crippen LogP contribution in [0.15, 0.2) is 36.1 Å². The minimum absolute atomic E-state index is 0.395. The van der Waals surface area contributed by atoms with Gasteiger partial charge in [-0.15, -0.1) is 0 Å². The maximum Gasteiger partial charge on any atom is 0.339 e. The van der Waals surface area contributed by atoms with E-state index in [9.17, 15) is 40.2 Å². The van der Waals surface area contributed by atoms with E-state index in [0.29, 0.717) is 17.1 Å². The largest absolute Gasteiger partial charge is 0.493 e. The van der Waals surface area contributed by atoms with Gasteiger partial charge in [-0.05, 0) is 30.7 Å². The molecule has 0 spiro atoms. The zero-order valence-electron chi connectivity index (χ0n) is 23.9. The molecule has 15 heteroatoms. The average Bonchev–Trinajstić information content (AvgIpc) is 3.20. The number of hydrogen-bond donors (Lipinski definition) is 6. The van der Waals surface area contributed by atoms with Crippen molar-refractivity contribution in [3.63, 3.8) is 0 Å². The number of methoxy groups -OCH3 is 3. The molecule has 1 aromatic rings. The average molecular weight is 613 g/mol. The van der Waals surface area contributed by atoms with E-state index in [4.69, 9.17) is 33.2 Å². The number of rotatable bonds is 9. The summed E-state index contributed by atoms with van der Waals surface area (Å²) in [6.45, 7) is 0.501. The van der Waals surface area contributed by atoms with Gasteiger partial charge in [0.2, 0.25) is 6.29 Å². The van der Waals surface area contributed by atoms with E-state index in [0.717, 1.165) is 19.4 Å². The topological polar surface area (TPSA) is 220 Å². The molecule has 0 unspecified atom stereocenters. The second kappa shape index (κ2) is 12.8. The van der Waals surface area contributed by atoms with E-state index in [1.54, 1.807) is 18.2 Å². The van der Waals surface area contributed by atoms with Gasteiger partial charge >= 0.3 is 11.9 Å². The third-order valence-corrected chi connectivity index (χ3v) is 7.95. The fraction of sp³-hybridized carbons (Fsp3) is 0.571. The number of ether oxygens (including phenoxy) is 7. The molecular weight excluding hydrogens is 576 g/mol. The summed E-state index contributed by atoms with van der Waals surface area (Å²) in [5, 5.41) is 63.6. The van der Waals surface area contributed by atoms with Gasteiger partial charge in [0.1, 0.15) is 47.3 Å². The van der Waals surface area contributed by atoms with Gasteiger partial charge in [0.15, 0.2) is 17.8 Å². The number of benzene rings is 1. The molecule has 15 nitrogen and oxygen atoms in total. The van der Waals surface area contributed by atoms with E-state index < -0.39 is 90.8 Å². The van der Waals surface area contributed by atoms with Crippen molar-refractivity contribution in [2.75, 3.05) is 27.9 Å². The zero-order chi connectivity index (χ0) is 31.7. The molecule has 3 aliphatic rings. The third kappa shape index (κ3) is 6.07. The van der Waals surface area contributed by atoms with Gasteiger partial charge in [-0.3, -0.25) is 0 Å². The maximum atomic E-state index is 12.8. The predicted octanol–water partition coefficient (Wildman–Crippen LogP) is -1.64. The summed E-state index contributed by atoms with van der Waals surface area (Å²) in [5.41, 5.74) is -4.18. The molecular formula is C28H36O15. The highest BCUT2D eigenvalue weighted by molar-refractivity contribution is 5.91. The lowest BCUT2D eigenvalue weighted by atomic mass is 9.77. The minimum atomic E-state index is -2.23. The molecule has 0 bridgehead atoms. The monoisotopic (exact) mass is 612 g/mol. The first kappa shape index (κ1) is 32.6. The molecule has 2 heterocycles. The van der Waals surface area contributed by atoms with Gasteiger partial charge in [0.05, 0.1) is 40.1 Å². The van der Waals surface area contributed by atoms with E-state index in [2.05, 4.69) is 0 Å². The number of fused-ring (bicyclic) bond motifs is 1. The minimum Gasteiger partial charge on any atom is -0.493 e. The second-order valence-electron chi connectivity index (χ2n) is 10.6. The van der Waals surface area contributed by atoms with Crippen molar-refractivity contribution < 1.29 is 73.4 Å². The number of hydrogen-bond acceptors (Lipinski definition) is 15. The van der Waals surface area contributed by atoms with Crippen LogP contribution in [0.4, 0.5) is 0 Å². The Balaban J connectivity index is 1.59. The Kier molecular flexibility index (Phi) is 9.68. The van der Waals surface area contributed by atoms with E-state index in [1.165, 1.54) is 27.2 Å². The molecule has 0 radical (unpaired) electrons. The molecule has 6 N–H and O–H groups in total. The first-order chi connectivity index (χ1) is 20.3. The molecule has 10 atom stereocenters. The van der Waals surface area contributed by atoms with Crippen LogP contribution < -0.4 is 9.47 Å². The lowest BCUT2D eigenvalue weighted by molar-refractivity contribution is -0.352. The van der Waals surface area contributed by atoms with Crippen LogP contribution in [0.2, 0.25) is 0 Å². The van der Waals surface area contributed by atoms with Gasteiger partial charge < -0.3 is 63.8 Å². The molecule has 2 aliphatic heterocycles. The molecule has 43 heavy (non-hydrogen) atoms. The first-order valence-electron chi connectivity index (χ1n) is 13.3. The summed E-state index contributed by atoms with van der Waals surface area (Å²) in [7, 11) is 4.01. The van der Waals surface area contributed by atoms with Crippen LogP contribution in [0.1, 0.15) is 18.9 Å². The van der Waals surface area contributed by atoms with Crippen molar-refractivity contribution in [3.05, 3.63) is 41.7 Å². The Bertz CT molecular complexity index is 1240. The smallest absolute Gasteiger partial charge is 0.339 e. The lowest BCUT2D eigenvalue weighted by Gasteiger charge is -2.46.